The Morgan fingerprint density at radius 2 is 2.35 bits per heavy atom. The fourth-order valence-corrected chi connectivity index (χ4v) is 2.62. The van der Waals surface area contributed by atoms with Crippen LogP contribution in [-0.2, 0) is 0 Å². The van der Waals surface area contributed by atoms with Crippen LogP contribution in [0.25, 0.3) is 5.65 Å². The first kappa shape index (κ1) is 13.1. The molecule has 106 valence electrons. The van der Waals surface area contributed by atoms with E-state index in [1.807, 2.05) is 0 Å². The second-order valence-electron chi connectivity index (χ2n) is 5.25. The standard InChI is InChI=1S/C14H16FN3O2/c15-14(10-19)4-1-6-18(9-14)13(20)11-2-3-12-16-5-7-17(12)8-11/h2-3,5,7-8,19H,1,4,6,9-10H2. The van der Waals surface area contributed by atoms with E-state index >= 15 is 0 Å². The van der Waals surface area contributed by atoms with E-state index in [9.17, 15) is 9.18 Å². The fourth-order valence-electron chi connectivity index (χ4n) is 2.62. The van der Waals surface area contributed by atoms with E-state index in [-0.39, 0.29) is 12.5 Å². The minimum absolute atomic E-state index is 0.0513. The van der Waals surface area contributed by atoms with Crippen LogP contribution in [0, 0.1) is 0 Å². The van der Waals surface area contributed by atoms with Crippen LogP contribution in [0.15, 0.2) is 30.7 Å². The number of imidazole rings is 1. The summed E-state index contributed by atoms with van der Waals surface area (Å²) in [5.74, 6) is -0.212. The Morgan fingerprint density at radius 1 is 1.50 bits per heavy atom. The number of carbonyl (C=O) groups excluding carboxylic acids is 1. The van der Waals surface area contributed by atoms with Crippen LogP contribution in [-0.4, -0.2) is 50.7 Å². The summed E-state index contributed by atoms with van der Waals surface area (Å²) in [6.07, 6.45) is 5.97. The minimum Gasteiger partial charge on any atom is -0.393 e. The molecule has 0 radical (unpaired) electrons. The van der Waals surface area contributed by atoms with Crippen LogP contribution in [0.1, 0.15) is 23.2 Å². The van der Waals surface area contributed by atoms with Gasteiger partial charge in [-0.05, 0) is 25.0 Å². The highest BCUT2D eigenvalue weighted by Gasteiger charge is 2.36. The molecule has 5 nitrogen and oxygen atoms in total. The lowest BCUT2D eigenvalue weighted by Gasteiger charge is -2.36. The molecule has 1 atom stereocenters. The maximum Gasteiger partial charge on any atom is 0.255 e. The molecule has 1 aliphatic heterocycles. The smallest absolute Gasteiger partial charge is 0.255 e. The highest BCUT2D eigenvalue weighted by atomic mass is 19.1. The first-order valence-corrected chi connectivity index (χ1v) is 6.63. The van der Waals surface area contributed by atoms with E-state index in [0.717, 1.165) is 5.65 Å². The maximum absolute atomic E-state index is 14.2. The number of amides is 1. The lowest BCUT2D eigenvalue weighted by Crippen LogP contribution is -2.49. The van der Waals surface area contributed by atoms with Crippen molar-refractivity contribution < 1.29 is 14.3 Å². The molecule has 1 fully saturated rings. The lowest BCUT2D eigenvalue weighted by molar-refractivity contribution is 0.00172. The summed E-state index contributed by atoms with van der Waals surface area (Å²) in [6.45, 7) is -0.0753. The number of aliphatic hydroxyl groups excluding tert-OH is 1. The summed E-state index contributed by atoms with van der Waals surface area (Å²) in [7, 11) is 0. The van der Waals surface area contributed by atoms with Gasteiger partial charge in [-0.15, -0.1) is 0 Å². The molecule has 20 heavy (non-hydrogen) atoms. The second kappa shape index (κ2) is 4.86. The van der Waals surface area contributed by atoms with Gasteiger partial charge in [0.15, 0.2) is 5.67 Å². The van der Waals surface area contributed by atoms with E-state index in [1.54, 1.807) is 35.1 Å². The van der Waals surface area contributed by atoms with Crippen LogP contribution in [0.4, 0.5) is 4.39 Å². The molecule has 2 aromatic heterocycles. The number of likely N-dealkylation sites (tertiary alicyclic amines) is 1. The SMILES string of the molecule is O=C(c1ccc2nccn2c1)N1CCCC(F)(CO)C1. The number of aliphatic hydroxyl groups is 1. The molecule has 3 rings (SSSR count). The Kier molecular flexibility index (Phi) is 3.17. The lowest BCUT2D eigenvalue weighted by atomic mass is 9.95. The molecule has 0 aromatic carbocycles. The Hall–Kier alpha value is -1.95. The maximum atomic E-state index is 14.2. The summed E-state index contributed by atoms with van der Waals surface area (Å²) in [4.78, 5) is 18.0. The Balaban J connectivity index is 1.84. The number of halogens is 1. The number of pyridine rings is 1. The molecular weight excluding hydrogens is 261 g/mol. The quantitative estimate of drug-likeness (QED) is 0.899. The molecule has 0 bridgehead atoms. The van der Waals surface area contributed by atoms with Crippen molar-refractivity contribution in [3.63, 3.8) is 0 Å². The van der Waals surface area contributed by atoms with Crippen LogP contribution in [0.2, 0.25) is 0 Å². The highest BCUT2D eigenvalue weighted by Crippen LogP contribution is 2.25. The predicted octanol–water partition coefficient (Wildman–Crippen LogP) is 1.27. The van der Waals surface area contributed by atoms with Gasteiger partial charge in [-0.25, -0.2) is 9.37 Å². The molecule has 1 unspecified atom stereocenters. The molecule has 6 heteroatoms. The van der Waals surface area contributed by atoms with Crippen molar-refractivity contribution in [2.24, 2.45) is 0 Å². The largest absolute Gasteiger partial charge is 0.393 e. The van der Waals surface area contributed by atoms with Crippen molar-refractivity contribution in [2.45, 2.75) is 18.5 Å². The molecule has 0 aliphatic carbocycles. The Labute approximate surface area is 115 Å². The molecular formula is C14H16FN3O2. The van der Waals surface area contributed by atoms with Gasteiger partial charge < -0.3 is 14.4 Å². The van der Waals surface area contributed by atoms with Crippen molar-refractivity contribution in [1.29, 1.82) is 0 Å². The van der Waals surface area contributed by atoms with Gasteiger partial charge in [0.1, 0.15) is 5.65 Å². The number of fused-ring (bicyclic) bond motifs is 1. The van der Waals surface area contributed by atoms with E-state index in [4.69, 9.17) is 5.11 Å². The summed E-state index contributed by atoms with van der Waals surface area (Å²) in [5.41, 5.74) is -0.416. The highest BCUT2D eigenvalue weighted by molar-refractivity contribution is 5.94. The molecule has 0 spiro atoms. The number of alkyl halides is 1. The van der Waals surface area contributed by atoms with Crippen molar-refractivity contribution in [1.82, 2.24) is 14.3 Å². The number of rotatable bonds is 2. The minimum atomic E-state index is -1.67. The second-order valence-corrected chi connectivity index (χ2v) is 5.25. The number of hydrogen-bond donors (Lipinski definition) is 1. The van der Waals surface area contributed by atoms with Crippen molar-refractivity contribution >= 4 is 11.6 Å². The van der Waals surface area contributed by atoms with Crippen LogP contribution < -0.4 is 0 Å². The summed E-state index contributed by atoms with van der Waals surface area (Å²) in [5, 5.41) is 9.11. The van der Waals surface area contributed by atoms with Gasteiger partial charge in [0, 0.05) is 25.1 Å². The molecule has 1 amide bonds. The summed E-state index contributed by atoms with van der Waals surface area (Å²) in [6, 6.07) is 3.45. The number of carbonyl (C=O) groups is 1. The van der Waals surface area contributed by atoms with E-state index in [0.29, 0.717) is 24.9 Å². The van der Waals surface area contributed by atoms with Crippen molar-refractivity contribution in [3.8, 4) is 0 Å². The average Bonchev–Trinajstić information content (AvgIpc) is 2.94. The van der Waals surface area contributed by atoms with Gasteiger partial charge in [0.2, 0.25) is 0 Å². The molecule has 1 N–H and O–H groups in total. The third kappa shape index (κ3) is 2.27. The predicted molar refractivity (Wildman–Crippen MR) is 71.3 cm³/mol. The monoisotopic (exact) mass is 277 g/mol. The summed E-state index contributed by atoms with van der Waals surface area (Å²) < 4.78 is 15.9. The molecule has 3 heterocycles. The van der Waals surface area contributed by atoms with Gasteiger partial charge in [-0.2, -0.15) is 0 Å². The zero-order valence-electron chi connectivity index (χ0n) is 11.0. The normalized spacial score (nSPS) is 23.2. The van der Waals surface area contributed by atoms with Crippen LogP contribution in [0.5, 0.6) is 0 Å². The van der Waals surface area contributed by atoms with Gasteiger partial charge in [0.25, 0.3) is 5.91 Å². The number of aromatic nitrogens is 2. The zero-order valence-corrected chi connectivity index (χ0v) is 11.0. The van der Waals surface area contributed by atoms with Gasteiger partial charge in [-0.3, -0.25) is 4.79 Å². The average molecular weight is 277 g/mol. The first-order chi connectivity index (χ1) is 9.61. The topological polar surface area (TPSA) is 57.8 Å². The Bertz CT molecular complexity index is 642. The van der Waals surface area contributed by atoms with Gasteiger partial charge in [0.05, 0.1) is 18.7 Å². The first-order valence-electron chi connectivity index (χ1n) is 6.63. The molecule has 1 aliphatic rings. The van der Waals surface area contributed by atoms with Crippen LogP contribution in [0.3, 0.4) is 0 Å². The zero-order chi connectivity index (χ0) is 14.2. The van der Waals surface area contributed by atoms with Crippen molar-refractivity contribution in [2.75, 3.05) is 19.7 Å². The molecule has 2 aromatic rings. The number of piperidine rings is 1. The Morgan fingerprint density at radius 3 is 3.15 bits per heavy atom. The van der Waals surface area contributed by atoms with Gasteiger partial charge in [-0.1, -0.05) is 0 Å². The van der Waals surface area contributed by atoms with Gasteiger partial charge >= 0.3 is 0 Å². The van der Waals surface area contributed by atoms with E-state index in [1.165, 1.54) is 4.90 Å². The molecule has 0 saturated carbocycles. The fraction of sp³-hybridized carbons (Fsp3) is 0.429. The number of hydrogen-bond acceptors (Lipinski definition) is 3. The molecule has 1 saturated heterocycles. The van der Waals surface area contributed by atoms with E-state index < -0.39 is 12.3 Å². The van der Waals surface area contributed by atoms with Crippen LogP contribution >= 0.6 is 0 Å². The summed E-state index contributed by atoms with van der Waals surface area (Å²) >= 11 is 0. The number of nitrogens with zero attached hydrogens (tertiary/aromatic N) is 3. The third-order valence-electron chi connectivity index (χ3n) is 3.73. The van der Waals surface area contributed by atoms with Crippen molar-refractivity contribution in [3.05, 3.63) is 36.3 Å². The third-order valence-corrected chi connectivity index (χ3v) is 3.73. The van der Waals surface area contributed by atoms with E-state index in [2.05, 4.69) is 4.98 Å².